The number of thiophene rings is 1. The minimum Gasteiger partial charge on any atom is -0.320 e. The van der Waals surface area contributed by atoms with E-state index in [0.29, 0.717) is 5.69 Å². The lowest BCUT2D eigenvalue weighted by atomic mass is 10.2. The lowest BCUT2D eigenvalue weighted by molar-refractivity contribution is -0.112. The van der Waals surface area contributed by atoms with Crippen molar-refractivity contribution in [1.82, 2.24) is 0 Å². The Bertz CT molecular complexity index is 713. The van der Waals surface area contributed by atoms with Gasteiger partial charge in [0.05, 0.1) is 5.69 Å². The van der Waals surface area contributed by atoms with E-state index < -0.39 is 0 Å². The van der Waals surface area contributed by atoms with Crippen molar-refractivity contribution < 1.29 is 4.79 Å². The molecule has 0 bridgehead atoms. The van der Waals surface area contributed by atoms with Crippen LogP contribution in [0.15, 0.2) is 41.3 Å². The summed E-state index contributed by atoms with van der Waals surface area (Å²) in [5.41, 5.74) is 1.88. The first kappa shape index (κ1) is 14.8. The first-order valence-electron chi connectivity index (χ1n) is 5.83. The largest absolute Gasteiger partial charge is 0.320 e. The third kappa shape index (κ3) is 3.46. The summed E-state index contributed by atoms with van der Waals surface area (Å²) in [6.45, 7) is 1.95. The molecule has 0 saturated heterocycles. The maximum absolute atomic E-state index is 12.1. The zero-order valence-corrected chi connectivity index (χ0v) is 13.7. The molecule has 0 fully saturated rings. The molecule has 0 unspecified atom stereocenters. The maximum atomic E-state index is 12.1. The highest BCUT2D eigenvalue weighted by Crippen LogP contribution is 2.21. The molecule has 1 aromatic heterocycles. The fourth-order valence-corrected chi connectivity index (χ4v) is 2.95. The zero-order valence-electron chi connectivity index (χ0n) is 10.7. The summed E-state index contributed by atoms with van der Waals surface area (Å²) in [7, 11) is 0. The summed E-state index contributed by atoms with van der Waals surface area (Å²) in [4.78, 5) is 13.1. The molecule has 100 valence electrons. The normalized spacial score (nSPS) is 10.9. The molecule has 3 nitrogen and oxygen atoms in total. The van der Waals surface area contributed by atoms with Crippen LogP contribution in [0.4, 0.5) is 5.69 Å². The molecule has 2 rings (SSSR count). The van der Waals surface area contributed by atoms with Crippen molar-refractivity contribution in [3.63, 3.8) is 0 Å². The molecule has 0 atom stereocenters. The molecule has 0 radical (unpaired) electrons. The van der Waals surface area contributed by atoms with Crippen molar-refractivity contribution in [2.45, 2.75) is 6.92 Å². The van der Waals surface area contributed by atoms with E-state index in [1.807, 2.05) is 48.7 Å². The Labute approximate surface area is 135 Å². The van der Waals surface area contributed by atoms with Gasteiger partial charge in [-0.25, -0.2) is 0 Å². The van der Waals surface area contributed by atoms with Crippen LogP contribution in [0.3, 0.4) is 0 Å². The molecular weight excluding hydrogens is 383 g/mol. The number of rotatable bonds is 3. The predicted molar refractivity (Wildman–Crippen MR) is 90.4 cm³/mol. The molecule has 1 aromatic carbocycles. The number of amides is 1. The molecule has 5 heteroatoms. The van der Waals surface area contributed by atoms with Gasteiger partial charge in [-0.15, -0.1) is 11.3 Å². The molecule has 0 aliphatic carbocycles. The SMILES string of the molecule is Cc1ccsc1C=C(C#N)C(=O)Nc1ccccc1I. The van der Waals surface area contributed by atoms with Crippen LogP contribution in [0.25, 0.3) is 6.08 Å². The summed E-state index contributed by atoms with van der Waals surface area (Å²) in [5, 5.41) is 13.9. The molecule has 0 spiro atoms. The van der Waals surface area contributed by atoms with E-state index in [4.69, 9.17) is 5.26 Å². The predicted octanol–water partition coefficient (Wildman–Crippen LogP) is 4.21. The van der Waals surface area contributed by atoms with E-state index in [2.05, 4.69) is 27.9 Å². The van der Waals surface area contributed by atoms with Crippen LogP contribution in [0.2, 0.25) is 0 Å². The second-order valence-corrected chi connectivity index (χ2v) is 6.18. The maximum Gasteiger partial charge on any atom is 0.266 e. The number of anilines is 1. The Morgan fingerprint density at radius 1 is 1.40 bits per heavy atom. The highest BCUT2D eigenvalue weighted by atomic mass is 127. The van der Waals surface area contributed by atoms with Gasteiger partial charge in [-0.05, 0) is 64.7 Å². The molecule has 1 heterocycles. The average molecular weight is 394 g/mol. The van der Waals surface area contributed by atoms with Crippen LogP contribution in [0, 0.1) is 21.8 Å². The Kier molecular flexibility index (Phi) is 4.93. The topological polar surface area (TPSA) is 52.9 Å². The van der Waals surface area contributed by atoms with Crippen LogP contribution in [-0.2, 0) is 4.79 Å². The standard InChI is InChI=1S/C15H11IN2OS/c1-10-6-7-20-14(10)8-11(9-17)15(19)18-13-5-3-2-4-12(13)16/h2-8H,1H3,(H,18,19). The summed E-state index contributed by atoms with van der Waals surface area (Å²) in [6.07, 6.45) is 1.63. The van der Waals surface area contributed by atoms with Gasteiger partial charge in [-0.3, -0.25) is 4.79 Å². The quantitative estimate of drug-likeness (QED) is 0.482. The van der Waals surface area contributed by atoms with E-state index in [-0.39, 0.29) is 11.5 Å². The molecule has 0 aliphatic rings. The van der Waals surface area contributed by atoms with Gasteiger partial charge >= 0.3 is 0 Å². The first-order valence-corrected chi connectivity index (χ1v) is 7.79. The number of halogens is 1. The number of aryl methyl sites for hydroxylation is 1. The number of hydrogen-bond acceptors (Lipinski definition) is 3. The number of para-hydroxylation sites is 1. The number of benzene rings is 1. The Balaban J connectivity index is 2.23. The summed E-state index contributed by atoms with van der Waals surface area (Å²) in [6, 6.07) is 11.4. The van der Waals surface area contributed by atoms with Crippen molar-refractivity contribution in [3.8, 4) is 6.07 Å². The Hall–Kier alpha value is -1.65. The van der Waals surface area contributed by atoms with Crippen molar-refractivity contribution in [2.24, 2.45) is 0 Å². The number of nitriles is 1. The lowest BCUT2D eigenvalue weighted by Crippen LogP contribution is -2.14. The fourth-order valence-electron chi connectivity index (χ4n) is 1.56. The number of carbonyl (C=O) groups excluding carboxylic acids is 1. The third-order valence-electron chi connectivity index (χ3n) is 2.66. The van der Waals surface area contributed by atoms with Crippen molar-refractivity contribution in [2.75, 3.05) is 5.32 Å². The Morgan fingerprint density at radius 3 is 2.75 bits per heavy atom. The van der Waals surface area contributed by atoms with Gasteiger partial charge in [0.25, 0.3) is 5.91 Å². The second-order valence-electron chi connectivity index (χ2n) is 4.07. The number of nitrogens with one attached hydrogen (secondary N) is 1. The smallest absolute Gasteiger partial charge is 0.266 e. The molecule has 1 amide bonds. The molecule has 0 aliphatic heterocycles. The third-order valence-corrected chi connectivity index (χ3v) is 4.57. The molecule has 0 saturated carbocycles. The van der Waals surface area contributed by atoms with E-state index in [1.54, 1.807) is 6.08 Å². The number of nitrogens with zero attached hydrogens (tertiary/aromatic N) is 1. The van der Waals surface area contributed by atoms with Crippen LogP contribution in [0.5, 0.6) is 0 Å². The second kappa shape index (κ2) is 6.68. The monoisotopic (exact) mass is 394 g/mol. The highest BCUT2D eigenvalue weighted by molar-refractivity contribution is 14.1. The van der Waals surface area contributed by atoms with Gasteiger partial charge in [-0.1, -0.05) is 12.1 Å². The van der Waals surface area contributed by atoms with Gasteiger partial charge in [-0.2, -0.15) is 5.26 Å². The minimum absolute atomic E-state index is 0.107. The van der Waals surface area contributed by atoms with Gasteiger partial charge < -0.3 is 5.32 Å². The van der Waals surface area contributed by atoms with E-state index >= 15 is 0 Å². The lowest BCUT2D eigenvalue weighted by Gasteiger charge is -2.06. The minimum atomic E-state index is -0.385. The van der Waals surface area contributed by atoms with Gasteiger partial charge in [0, 0.05) is 8.45 Å². The fraction of sp³-hybridized carbons (Fsp3) is 0.0667. The highest BCUT2D eigenvalue weighted by Gasteiger charge is 2.11. The van der Waals surface area contributed by atoms with E-state index in [9.17, 15) is 4.79 Å². The van der Waals surface area contributed by atoms with Crippen LogP contribution < -0.4 is 5.32 Å². The van der Waals surface area contributed by atoms with E-state index in [1.165, 1.54) is 11.3 Å². The zero-order chi connectivity index (χ0) is 14.5. The van der Waals surface area contributed by atoms with Crippen LogP contribution in [0.1, 0.15) is 10.4 Å². The van der Waals surface area contributed by atoms with Crippen molar-refractivity contribution >= 4 is 51.6 Å². The molecule has 20 heavy (non-hydrogen) atoms. The summed E-state index contributed by atoms with van der Waals surface area (Å²) in [5.74, 6) is -0.385. The van der Waals surface area contributed by atoms with Crippen molar-refractivity contribution in [3.05, 3.63) is 55.3 Å². The van der Waals surface area contributed by atoms with Crippen LogP contribution >= 0.6 is 33.9 Å². The van der Waals surface area contributed by atoms with Crippen molar-refractivity contribution in [1.29, 1.82) is 5.26 Å². The molecule has 1 N–H and O–H groups in total. The van der Waals surface area contributed by atoms with Gasteiger partial charge in [0.2, 0.25) is 0 Å². The number of hydrogen-bond donors (Lipinski definition) is 1. The average Bonchev–Trinajstić information content (AvgIpc) is 2.84. The molecule has 2 aromatic rings. The number of carbonyl (C=O) groups is 1. The molecular formula is C15H11IN2OS. The summed E-state index contributed by atoms with van der Waals surface area (Å²) < 4.78 is 0.933. The van der Waals surface area contributed by atoms with E-state index in [0.717, 1.165) is 14.0 Å². The first-order chi connectivity index (χ1) is 9.61. The Morgan fingerprint density at radius 2 is 2.15 bits per heavy atom. The van der Waals surface area contributed by atoms with Gasteiger partial charge in [0.1, 0.15) is 11.6 Å². The van der Waals surface area contributed by atoms with Crippen LogP contribution in [-0.4, -0.2) is 5.91 Å². The van der Waals surface area contributed by atoms with Gasteiger partial charge in [0.15, 0.2) is 0 Å². The summed E-state index contributed by atoms with van der Waals surface area (Å²) >= 11 is 3.65.